The largest absolute Gasteiger partial charge is 0.394 e. The number of nitrogens with zero attached hydrogens (tertiary/aromatic N) is 2. The van der Waals surface area contributed by atoms with E-state index in [0.29, 0.717) is 23.6 Å². The average molecular weight is 293 g/mol. The van der Waals surface area contributed by atoms with Crippen molar-refractivity contribution in [3.05, 3.63) is 46.9 Å². The van der Waals surface area contributed by atoms with Crippen molar-refractivity contribution in [2.24, 2.45) is 0 Å². The molecular weight excluding hydrogens is 276 g/mol. The van der Waals surface area contributed by atoms with Crippen LogP contribution in [0.4, 0.5) is 11.5 Å². The lowest BCUT2D eigenvalue weighted by molar-refractivity contribution is 0.273. The highest BCUT2D eigenvalue weighted by Crippen LogP contribution is 2.21. The molecule has 0 aliphatic heterocycles. The van der Waals surface area contributed by atoms with Crippen LogP contribution >= 0.6 is 11.6 Å². The molecule has 0 saturated heterocycles. The van der Waals surface area contributed by atoms with E-state index in [2.05, 4.69) is 15.3 Å². The predicted octanol–water partition coefficient (Wildman–Crippen LogP) is 2.04. The molecule has 1 aromatic carbocycles. The van der Waals surface area contributed by atoms with Crippen molar-refractivity contribution in [2.75, 3.05) is 17.7 Å². The van der Waals surface area contributed by atoms with Gasteiger partial charge in [0.1, 0.15) is 0 Å². The molecule has 4 N–H and O–H groups in total. The van der Waals surface area contributed by atoms with Gasteiger partial charge in [-0.1, -0.05) is 30.3 Å². The van der Waals surface area contributed by atoms with E-state index in [9.17, 15) is 5.11 Å². The van der Waals surface area contributed by atoms with Crippen LogP contribution in [0, 0.1) is 6.92 Å². The summed E-state index contributed by atoms with van der Waals surface area (Å²) in [5.74, 6) is 0.456. The van der Waals surface area contributed by atoms with Gasteiger partial charge in [0, 0.05) is 0 Å². The van der Waals surface area contributed by atoms with Crippen LogP contribution in [-0.4, -0.2) is 27.7 Å². The van der Waals surface area contributed by atoms with Gasteiger partial charge in [-0.25, -0.2) is 4.98 Å². The molecule has 2 aromatic rings. The highest BCUT2D eigenvalue weighted by atomic mass is 35.5. The van der Waals surface area contributed by atoms with E-state index in [4.69, 9.17) is 17.3 Å². The molecule has 0 spiro atoms. The quantitative estimate of drug-likeness (QED) is 0.735. The van der Waals surface area contributed by atoms with Crippen molar-refractivity contribution in [3.63, 3.8) is 0 Å². The Hall–Kier alpha value is -1.85. The highest BCUT2D eigenvalue weighted by Gasteiger charge is 2.13. The monoisotopic (exact) mass is 292 g/mol. The number of rotatable bonds is 5. The first-order valence-corrected chi connectivity index (χ1v) is 6.69. The lowest BCUT2D eigenvalue weighted by atomic mass is 10.1. The molecule has 0 aliphatic carbocycles. The number of nitrogens with one attached hydrogen (secondary N) is 1. The minimum Gasteiger partial charge on any atom is -0.394 e. The van der Waals surface area contributed by atoms with Crippen LogP contribution in [0.1, 0.15) is 11.3 Å². The fraction of sp³-hybridized carbons (Fsp3) is 0.286. The second-order valence-corrected chi connectivity index (χ2v) is 4.89. The van der Waals surface area contributed by atoms with E-state index in [1.54, 1.807) is 6.92 Å². The Labute approximate surface area is 122 Å². The summed E-state index contributed by atoms with van der Waals surface area (Å²) in [6.07, 6.45) is 0.664. The van der Waals surface area contributed by atoms with Crippen molar-refractivity contribution in [2.45, 2.75) is 19.4 Å². The summed E-state index contributed by atoms with van der Waals surface area (Å²) >= 11 is 5.83. The number of hydrogen-bond acceptors (Lipinski definition) is 5. The Morgan fingerprint density at radius 1 is 1.30 bits per heavy atom. The van der Waals surface area contributed by atoms with Gasteiger partial charge in [0.25, 0.3) is 0 Å². The summed E-state index contributed by atoms with van der Waals surface area (Å²) in [5, 5.41) is 12.7. The molecule has 1 heterocycles. The maximum absolute atomic E-state index is 9.50. The van der Waals surface area contributed by atoms with E-state index in [1.807, 2.05) is 30.3 Å². The second-order valence-electron chi connectivity index (χ2n) is 4.55. The predicted molar refractivity (Wildman–Crippen MR) is 80.8 cm³/mol. The second kappa shape index (κ2) is 6.54. The SMILES string of the molecule is Cc1nc(Cl)nc(NC(CO)Cc2ccccc2)c1N. The summed E-state index contributed by atoms with van der Waals surface area (Å²) in [4.78, 5) is 8.05. The van der Waals surface area contributed by atoms with Crippen LogP contribution < -0.4 is 11.1 Å². The standard InChI is InChI=1S/C14H17ClN4O/c1-9-12(16)13(19-14(15)17-9)18-11(8-20)7-10-5-3-2-4-6-10/h2-6,11,20H,7-8,16H2,1H3,(H,17,18,19). The van der Waals surface area contributed by atoms with E-state index >= 15 is 0 Å². The zero-order valence-corrected chi connectivity index (χ0v) is 11.9. The molecule has 0 bridgehead atoms. The number of nitrogen functional groups attached to an aromatic ring is 1. The molecule has 0 saturated carbocycles. The van der Waals surface area contributed by atoms with E-state index in [-0.39, 0.29) is 17.9 Å². The van der Waals surface area contributed by atoms with Gasteiger partial charge in [-0.3, -0.25) is 0 Å². The van der Waals surface area contributed by atoms with Gasteiger partial charge in [0.05, 0.1) is 24.0 Å². The molecule has 1 unspecified atom stereocenters. The number of aryl methyl sites for hydroxylation is 1. The van der Waals surface area contributed by atoms with Crippen molar-refractivity contribution in [3.8, 4) is 0 Å². The van der Waals surface area contributed by atoms with E-state index in [0.717, 1.165) is 5.56 Å². The zero-order valence-electron chi connectivity index (χ0n) is 11.2. The smallest absolute Gasteiger partial charge is 0.224 e. The Balaban J connectivity index is 2.14. The topological polar surface area (TPSA) is 84.1 Å². The average Bonchev–Trinajstić information content (AvgIpc) is 2.44. The molecule has 0 amide bonds. The molecular formula is C14H17ClN4O. The Kier molecular flexibility index (Phi) is 4.76. The van der Waals surface area contributed by atoms with Crippen LogP contribution in [0.2, 0.25) is 5.28 Å². The van der Waals surface area contributed by atoms with Crippen LogP contribution in [0.15, 0.2) is 30.3 Å². The van der Waals surface area contributed by atoms with Gasteiger partial charge in [-0.05, 0) is 30.5 Å². The number of anilines is 2. The van der Waals surface area contributed by atoms with Crippen molar-refractivity contribution >= 4 is 23.1 Å². The van der Waals surface area contributed by atoms with E-state index in [1.165, 1.54) is 0 Å². The maximum Gasteiger partial charge on any atom is 0.224 e. The molecule has 2 rings (SSSR count). The van der Waals surface area contributed by atoms with Crippen LogP contribution in [0.5, 0.6) is 0 Å². The summed E-state index contributed by atoms with van der Waals surface area (Å²) < 4.78 is 0. The number of aliphatic hydroxyl groups is 1. The lowest BCUT2D eigenvalue weighted by Gasteiger charge is -2.18. The number of halogens is 1. The summed E-state index contributed by atoms with van der Waals surface area (Å²) in [5.41, 5.74) is 8.10. The minimum atomic E-state index is -0.190. The molecule has 5 nitrogen and oxygen atoms in total. The van der Waals surface area contributed by atoms with Crippen LogP contribution in [-0.2, 0) is 6.42 Å². The zero-order chi connectivity index (χ0) is 14.5. The van der Waals surface area contributed by atoms with Gasteiger partial charge >= 0.3 is 0 Å². The van der Waals surface area contributed by atoms with Gasteiger partial charge in [0.15, 0.2) is 5.82 Å². The van der Waals surface area contributed by atoms with Gasteiger partial charge in [-0.15, -0.1) is 0 Å². The molecule has 0 radical (unpaired) electrons. The first-order valence-electron chi connectivity index (χ1n) is 6.31. The third-order valence-electron chi connectivity index (χ3n) is 3.00. The minimum absolute atomic E-state index is 0.0327. The number of benzene rings is 1. The Morgan fingerprint density at radius 2 is 2.00 bits per heavy atom. The molecule has 0 aliphatic rings. The summed E-state index contributed by atoms with van der Waals surface area (Å²) in [7, 11) is 0. The Bertz CT molecular complexity index is 577. The van der Waals surface area contributed by atoms with Crippen molar-refractivity contribution < 1.29 is 5.11 Å². The molecule has 20 heavy (non-hydrogen) atoms. The first-order chi connectivity index (χ1) is 9.60. The third-order valence-corrected chi connectivity index (χ3v) is 3.16. The normalized spacial score (nSPS) is 12.2. The highest BCUT2D eigenvalue weighted by molar-refractivity contribution is 6.28. The van der Waals surface area contributed by atoms with Gasteiger partial charge < -0.3 is 16.2 Å². The van der Waals surface area contributed by atoms with Crippen LogP contribution in [0.3, 0.4) is 0 Å². The van der Waals surface area contributed by atoms with Crippen LogP contribution in [0.25, 0.3) is 0 Å². The molecule has 0 fully saturated rings. The maximum atomic E-state index is 9.50. The lowest BCUT2D eigenvalue weighted by Crippen LogP contribution is -2.27. The number of aromatic nitrogens is 2. The van der Waals surface area contributed by atoms with E-state index < -0.39 is 0 Å². The summed E-state index contributed by atoms with van der Waals surface area (Å²) in [6, 6.07) is 9.70. The molecule has 6 heteroatoms. The fourth-order valence-corrected chi connectivity index (χ4v) is 2.12. The van der Waals surface area contributed by atoms with Crippen molar-refractivity contribution in [1.29, 1.82) is 0 Å². The van der Waals surface area contributed by atoms with Gasteiger partial charge in [0.2, 0.25) is 5.28 Å². The number of nitrogens with two attached hydrogens (primary N) is 1. The molecule has 1 aromatic heterocycles. The van der Waals surface area contributed by atoms with Crippen molar-refractivity contribution in [1.82, 2.24) is 9.97 Å². The Morgan fingerprint density at radius 3 is 2.65 bits per heavy atom. The number of hydrogen-bond donors (Lipinski definition) is 3. The summed E-state index contributed by atoms with van der Waals surface area (Å²) in [6.45, 7) is 1.73. The third kappa shape index (κ3) is 3.59. The van der Waals surface area contributed by atoms with Gasteiger partial charge in [-0.2, -0.15) is 4.98 Å². The first kappa shape index (κ1) is 14.6. The fourth-order valence-electron chi connectivity index (χ4n) is 1.91. The number of aliphatic hydroxyl groups excluding tert-OH is 1. The molecule has 106 valence electrons. The molecule has 1 atom stereocenters.